The number of guanidine groups is 1. The van der Waals surface area contributed by atoms with Gasteiger partial charge in [0.15, 0.2) is 17.5 Å². The Balaban J connectivity index is 1.92. The molecule has 0 radical (unpaired) electrons. The summed E-state index contributed by atoms with van der Waals surface area (Å²) in [7, 11) is 1.69. The largest absolute Gasteiger partial charge is 0.486 e. The van der Waals surface area contributed by atoms with Gasteiger partial charge in [0.1, 0.15) is 13.2 Å². The molecule has 1 amide bonds. The lowest BCUT2D eigenvalue weighted by Gasteiger charge is -2.28. The molecule has 0 aliphatic carbocycles. The molecule has 0 saturated heterocycles. The average Bonchev–Trinajstić information content (AvgIpc) is 2.60. The van der Waals surface area contributed by atoms with Crippen LogP contribution in [0.2, 0.25) is 0 Å². The fourth-order valence-electron chi connectivity index (χ4n) is 2.72. The highest BCUT2D eigenvalue weighted by Crippen LogP contribution is 2.34. The summed E-state index contributed by atoms with van der Waals surface area (Å²) in [6, 6.07) is 6.04. The van der Waals surface area contributed by atoms with E-state index >= 15 is 0 Å². The van der Waals surface area contributed by atoms with E-state index in [0.29, 0.717) is 25.7 Å². The number of carbonyl (C=O) groups excluding carboxylic acids is 1. The van der Waals surface area contributed by atoms with Crippen LogP contribution >= 0.6 is 0 Å². The third kappa shape index (κ3) is 6.34. The minimum Gasteiger partial charge on any atom is -0.486 e. The first-order chi connectivity index (χ1) is 12.6. The number of hydrogen-bond donors (Lipinski definition) is 3. The van der Waals surface area contributed by atoms with E-state index in [1.54, 1.807) is 7.05 Å². The van der Waals surface area contributed by atoms with Crippen molar-refractivity contribution in [1.82, 2.24) is 16.0 Å². The second-order valence-corrected chi connectivity index (χ2v) is 8.32. The van der Waals surface area contributed by atoms with E-state index in [0.717, 1.165) is 17.1 Å². The van der Waals surface area contributed by atoms with Gasteiger partial charge >= 0.3 is 0 Å². The summed E-state index contributed by atoms with van der Waals surface area (Å²) >= 11 is 0. The van der Waals surface area contributed by atoms with Crippen molar-refractivity contribution in [1.29, 1.82) is 0 Å². The molecule has 1 aliphatic rings. The van der Waals surface area contributed by atoms with Gasteiger partial charge < -0.3 is 25.4 Å². The predicted molar refractivity (Wildman–Crippen MR) is 108 cm³/mol. The van der Waals surface area contributed by atoms with Gasteiger partial charge in [-0.15, -0.1) is 0 Å². The van der Waals surface area contributed by atoms with Crippen LogP contribution in [0.4, 0.5) is 0 Å². The Morgan fingerprint density at radius 2 is 1.74 bits per heavy atom. The second-order valence-electron chi connectivity index (χ2n) is 8.32. The highest BCUT2D eigenvalue weighted by molar-refractivity contribution is 5.86. The fourth-order valence-corrected chi connectivity index (χ4v) is 2.72. The average molecular weight is 377 g/mol. The molecule has 7 nitrogen and oxygen atoms in total. The van der Waals surface area contributed by atoms with Crippen molar-refractivity contribution in [2.75, 3.05) is 33.4 Å². The van der Waals surface area contributed by atoms with Gasteiger partial charge in [-0.1, -0.05) is 19.9 Å². The van der Waals surface area contributed by atoms with Gasteiger partial charge in [-0.3, -0.25) is 9.79 Å². The zero-order valence-corrected chi connectivity index (χ0v) is 17.2. The van der Waals surface area contributed by atoms with Gasteiger partial charge in [0.05, 0.1) is 6.54 Å². The van der Waals surface area contributed by atoms with Crippen molar-refractivity contribution < 1.29 is 14.3 Å². The number of ether oxygens (including phenoxy) is 2. The van der Waals surface area contributed by atoms with E-state index < -0.39 is 0 Å². The summed E-state index contributed by atoms with van der Waals surface area (Å²) in [5, 5.41) is 9.26. The SMILES string of the molecule is CN=C(NCC(=O)NC(C)(C)C)NCC(C)(C)c1ccc2c(c1)OCCO2. The predicted octanol–water partition coefficient (Wildman–Crippen LogP) is 1.82. The molecule has 150 valence electrons. The zero-order valence-electron chi connectivity index (χ0n) is 17.2. The fraction of sp³-hybridized carbons (Fsp3) is 0.600. The van der Waals surface area contributed by atoms with Crippen molar-refractivity contribution in [2.45, 2.75) is 45.6 Å². The van der Waals surface area contributed by atoms with Crippen molar-refractivity contribution in [2.24, 2.45) is 4.99 Å². The lowest BCUT2D eigenvalue weighted by atomic mass is 9.84. The molecule has 0 bridgehead atoms. The quantitative estimate of drug-likeness (QED) is 0.539. The molecule has 3 N–H and O–H groups in total. The first-order valence-electron chi connectivity index (χ1n) is 9.26. The first kappa shape index (κ1) is 20.9. The minimum atomic E-state index is -0.254. The topological polar surface area (TPSA) is 84.0 Å². The summed E-state index contributed by atoms with van der Waals surface area (Å²) in [5.74, 6) is 2.09. The van der Waals surface area contributed by atoms with E-state index in [1.165, 1.54) is 0 Å². The number of nitrogens with one attached hydrogen (secondary N) is 3. The molecule has 0 unspecified atom stereocenters. The normalized spacial score (nSPS) is 14.5. The highest BCUT2D eigenvalue weighted by atomic mass is 16.6. The maximum atomic E-state index is 12.0. The molecule has 0 spiro atoms. The standard InChI is InChI=1S/C20H32N4O3/c1-19(2,3)24-17(25)12-22-18(21-6)23-13-20(4,5)14-7-8-15-16(11-14)27-10-9-26-15/h7-8,11H,9-10,12-13H2,1-6H3,(H,24,25)(H2,21,22,23). The maximum absolute atomic E-state index is 12.0. The molecule has 0 atom stereocenters. The second kappa shape index (κ2) is 8.50. The van der Waals surface area contributed by atoms with Crippen LogP contribution in [-0.4, -0.2) is 50.8 Å². The maximum Gasteiger partial charge on any atom is 0.239 e. The van der Waals surface area contributed by atoms with Crippen molar-refractivity contribution in [3.63, 3.8) is 0 Å². The summed E-state index contributed by atoms with van der Waals surface area (Å²) in [6.45, 7) is 12.1. The summed E-state index contributed by atoms with van der Waals surface area (Å²) in [4.78, 5) is 16.1. The minimum absolute atomic E-state index is 0.0726. The molecule has 0 aromatic heterocycles. The summed E-state index contributed by atoms with van der Waals surface area (Å²) in [5.41, 5.74) is 0.719. The third-order valence-electron chi connectivity index (χ3n) is 4.18. The van der Waals surface area contributed by atoms with E-state index in [1.807, 2.05) is 32.9 Å². The third-order valence-corrected chi connectivity index (χ3v) is 4.18. The van der Waals surface area contributed by atoms with Gasteiger partial charge in [0.25, 0.3) is 0 Å². The van der Waals surface area contributed by atoms with E-state index in [2.05, 4.69) is 40.9 Å². The number of rotatable bonds is 5. The van der Waals surface area contributed by atoms with Crippen LogP contribution in [0.5, 0.6) is 11.5 Å². The Hall–Kier alpha value is -2.44. The molecule has 7 heteroatoms. The highest BCUT2D eigenvalue weighted by Gasteiger charge is 2.24. The van der Waals surface area contributed by atoms with E-state index in [-0.39, 0.29) is 23.4 Å². The van der Waals surface area contributed by atoms with E-state index in [9.17, 15) is 4.79 Å². The molecule has 1 aromatic rings. The number of amides is 1. The molecular weight excluding hydrogens is 344 g/mol. The van der Waals surface area contributed by atoms with Crippen LogP contribution in [0.1, 0.15) is 40.2 Å². The first-order valence-corrected chi connectivity index (χ1v) is 9.26. The molecule has 0 fully saturated rings. The number of fused-ring (bicyclic) bond motifs is 1. The van der Waals surface area contributed by atoms with E-state index in [4.69, 9.17) is 9.47 Å². The Morgan fingerprint density at radius 1 is 1.07 bits per heavy atom. The molecule has 0 saturated carbocycles. The van der Waals surface area contributed by atoms with Gasteiger partial charge in [-0.05, 0) is 38.5 Å². The Morgan fingerprint density at radius 3 is 2.37 bits per heavy atom. The van der Waals surface area contributed by atoms with Crippen LogP contribution in [0, 0.1) is 0 Å². The van der Waals surface area contributed by atoms with Crippen LogP contribution in [-0.2, 0) is 10.2 Å². The number of benzene rings is 1. The van der Waals surface area contributed by atoms with Gasteiger partial charge in [0, 0.05) is 24.5 Å². The van der Waals surface area contributed by atoms with Crippen LogP contribution in [0.15, 0.2) is 23.2 Å². The van der Waals surface area contributed by atoms with Crippen LogP contribution in [0.25, 0.3) is 0 Å². The number of hydrogen-bond acceptors (Lipinski definition) is 4. The monoisotopic (exact) mass is 376 g/mol. The number of carbonyl (C=O) groups is 1. The molecule has 1 heterocycles. The van der Waals surface area contributed by atoms with Crippen molar-refractivity contribution in [3.05, 3.63) is 23.8 Å². The molecule has 1 aliphatic heterocycles. The van der Waals surface area contributed by atoms with Crippen LogP contribution < -0.4 is 25.4 Å². The van der Waals surface area contributed by atoms with Crippen molar-refractivity contribution >= 4 is 11.9 Å². The smallest absolute Gasteiger partial charge is 0.239 e. The summed E-state index contributed by atoms with van der Waals surface area (Å²) in [6.07, 6.45) is 0. The molecular formula is C20H32N4O3. The van der Waals surface area contributed by atoms with Crippen LogP contribution in [0.3, 0.4) is 0 Å². The zero-order chi connectivity index (χ0) is 20.1. The molecule has 27 heavy (non-hydrogen) atoms. The lowest BCUT2D eigenvalue weighted by molar-refractivity contribution is -0.121. The Bertz CT molecular complexity index is 693. The number of nitrogens with zero attached hydrogens (tertiary/aromatic N) is 1. The van der Waals surface area contributed by atoms with Gasteiger partial charge in [-0.2, -0.15) is 0 Å². The molecule has 1 aromatic carbocycles. The lowest BCUT2D eigenvalue weighted by Crippen LogP contribution is -2.49. The van der Waals surface area contributed by atoms with Crippen molar-refractivity contribution in [3.8, 4) is 11.5 Å². The van der Waals surface area contributed by atoms with Gasteiger partial charge in [-0.25, -0.2) is 0 Å². The Labute approximate surface area is 161 Å². The Kier molecular flexibility index (Phi) is 6.57. The van der Waals surface area contributed by atoms with Gasteiger partial charge in [0.2, 0.25) is 5.91 Å². The molecule has 2 rings (SSSR count). The number of aliphatic imine (C=N–C) groups is 1. The summed E-state index contributed by atoms with van der Waals surface area (Å²) < 4.78 is 11.3.